The zero-order valence-corrected chi connectivity index (χ0v) is 14.6. The highest BCUT2D eigenvalue weighted by Gasteiger charge is 2.46. The van der Waals surface area contributed by atoms with Crippen molar-refractivity contribution in [2.45, 2.75) is 69.9 Å². The molecule has 0 spiro atoms. The number of ketones is 2. The summed E-state index contributed by atoms with van der Waals surface area (Å²) in [6.45, 7) is 7.48. The summed E-state index contributed by atoms with van der Waals surface area (Å²) in [5.41, 5.74) is 0.202. The molecule has 0 aromatic heterocycles. The zero-order valence-electron chi connectivity index (χ0n) is 14.6. The van der Waals surface area contributed by atoms with E-state index < -0.39 is 29.9 Å². The second kappa shape index (κ2) is 6.50. The minimum absolute atomic E-state index is 0.0407. The number of rotatable bonds is 1. The van der Waals surface area contributed by atoms with Crippen molar-refractivity contribution >= 4 is 17.5 Å². The fourth-order valence-corrected chi connectivity index (χ4v) is 3.91. The summed E-state index contributed by atoms with van der Waals surface area (Å²) in [4.78, 5) is 36.8. The third kappa shape index (κ3) is 3.75. The molecule has 0 aromatic carbocycles. The molecule has 0 unspecified atom stereocenters. The van der Waals surface area contributed by atoms with E-state index in [-0.39, 0.29) is 48.7 Å². The number of carbonyl (C=O) groups is 3. The van der Waals surface area contributed by atoms with Crippen LogP contribution in [0.25, 0.3) is 0 Å². The lowest BCUT2D eigenvalue weighted by molar-refractivity contribution is -0.144. The molecule has 1 saturated heterocycles. The van der Waals surface area contributed by atoms with Gasteiger partial charge in [0, 0.05) is 25.7 Å². The van der Waals surface area contributed by atoms with Crippen LogP contribution in [0.4, 0.5) is 0 Å². The first-order valence-electron chi connectivity index (χ1n) is 8.65. The van der Waals surface area contributed by atoms with Crippen LogP contribution in [-0.4, -0.2) is 46.6 Å². The number of esters is 1. The molecule has 6 nitrogen and oxygen atoms in total. The average Bonchev–Trinajstić information content (AvgIpc) is 2.97. The SMILES string of the molecule is C=C(C)[C@@H]1CC(=O)C[C@@H]2O[C@](C)(CC2=O)C[C@@H]2C=C(C(=O)O2)[C@@H](O)C1. The Morgan fingerprint density at radius 3 is 2.72 bits per heavy atom. The van der Waals surface area contributed by atoms with E-state index >= 15 is 0 Å². The molecular weight excluding hydrogens is 324 g/mol. The molecule has 5 atom stereocenters. The molecule has 4 bridgehead atoms. The van der Waals surface area contributed by atoms with Gasteiger partial charge in [-0.3, -0.25) is 9.59 Å². The van der Waals surface area contributed by atoms with Gasteiger partial charge in [-0.1, -0.05) is 12.2 Å². The van der Waals surface area contributed by atoms with Crippen molar-refractivity contribution in [1.82, 2.24) is 0 Å². The number of carbonyl (C=O) groups excluding carboxylic acids is 3. The maximum absolute atomic E-state index is 12.4. The van der Waals surface area contributed by atoms with Gasteiger partial charge in [-0.05, 0) is 32.3 Å². The van der Waals surface area contributed by atoms with E-state index in [1.165, 1.54) is 0 Å². The van der Waals surface area contributed by atoms with Crippen LogP contribution in [-0.2, 0) is 23.9 Å². The van der Waals surface area contributed by atoms with E-state index in [0.29, 0.717) is 6.42 Å². The summed E-state index contributed by atoms with van der Waals surface area (Å²) >= 11 is 0. The molecule has 136 valence electrons. The highest BCUT2D eigenvalue weighted by atomic mass is 16.6. The molecule has 3 rings (SSSR count). The first-order chi connectivity index (χ1) is 11.7. The Bertz CT molecular complexity index is 663. The topological polar surface area (TPSA) is 89.9 Å². The van der Waals surface area contributed by atoms with Crippen LogP contribution in [0, 0.1) is 5.92 Å². The third-order valence-electron chi connectivity index (χ3n) is 5.28. The predicted octanol–water partition coefficient (Wildman–Crippen LogP) is 1.65. The van der Waals surface area contributed by atoms with Gasteiger partial charge in [-0.2, -0.15) is 0 Å². The summed E-state index contributed by atoms with van der Waals surface area (Å²) in [5.74, 6) is -0.998. The van der Waals surface area contributed by atoms with E-state index in [4.69, 9.17) is 9.47 Å². The maximum Gasteiger partial charge on any atom is 0.337 e. The molecule has 25 heavy (non-hydrogen) atoms. The maximum atomic E-state index is 12.4. The largest absolute Gasteiger partial charge is 0.455 e. The van der Waals surface area contributed by atoms with Crippen LogP contribution < -0.4 is 0 Å². The first-order valence-corrected chi connectivity index (χ1v) is 8.65. The molecule has 0 saturated carbocycles. The third-order valence-corrected chi connectivity index (χ3v) is 5.28. The summed E-state index contributed by atoms with van der Waals surface area (Å²) < 4.78 is 11.2. The predicted molar refractivity (Wildman–Crippen MR) is 88.7 cm³/mol. The zero-order chi connectivity index (χ0) is 18.4. The quantitative estimate of drug-likeness (QED) is 0.572. The van der Waals surface area contributed by atoms with Gasteiger partial charge < -0.3 is 14.6 Å². The molecule has 0 aliphatic carbocycles. The van der Waals surface area contributed by atoms with Crippen molar-refractivity contribution < 1.29 is 29.0 Å². The monoisotopic (exact) mass is 348 g/mol. The van der Waals surface area contributed by atoms with Gasteiger partial charge in [0.25, 0.3) is 0 Å². The fourth-order valence-electron chi connectivity index (χ4n) is 3.91. The second-order valence-electron chi connectivity index (χ2n) is 7.71. The lowest BCUT2D eigenvalue weighted by Crippen LogP contribution is -2.31. The lowest BCUT2D eigenvalue weighted by Gasteiger charge is -2.26. The van der Waals surface area contributed by atoms with E-state index in [0.717, 1.165) is 5.57 Å². The van der Waals surface area contributed by atoms with Crippen LogP contribution in [0.15, 0.2) is 23.8 Å². The smallest absolute Gasteiger partial charge is 0.337 e. The highest BCUT2D eigenvalue weighted by Crippen LogP contribution is 2.37. The van der Waals surface area contributed by atoms with Crippen molar-refractivity contribution in [2.24, 2.45) is 5.92 Å². The van der Waals surface area contributed by atoms with Crippen LogP contribution >= 0.6 is 0 Å². The van der Waals surface area contributed by atoms with Crippen molar-refractivity contribution in [3.8, 4) is 0 Å². The molecule has 0 amide bonds. The Labute approximate surface area is 146 Å². The van der Waals surface area contributed by atoms with Gasteiger partial charge in [0.05, 0.1) is 17.3 Å². The molecule has 3 aliphatic heterocycles. The van der Waals surface area contributed by atoms with E-state index in [1.54, 1.807) is 19.9 Å². The molecule has 1 fully saturated rings. The summed E-state index contributed by atoms with van der Waals surface area (Å²) in [6, 6.07) is 0. The number of hydrogen-bond donors (Lipinski definition) is 1. The number of fused-ring (bicyclic) bond motifs is 3. The Morgan fingerprint density at radius 2 is 2.04 bits per heavy atom. The summed E-state index contributed by atoms with van der Waals surface area (Å²) in [6.07, 6.45) is 0.300. The second-order valence-corrected chi connectivity index (χ2v) is 7.71. The number of hydrogen-bond acceptors (Lipinski definition) is 6. The molecule has 0 aromatic rings. The highest BCUT2D eigenvalue weighted by molar-refractivity contribution is 5.93. The van der Waals surface area contributed by atoms with Gasteiger partial charge in [-0.25, -0.2) is 4.79 Å². The molecule has 0 radical (unpaired) electrons. The van der Waals surface area contributed by atoms with E-state index in [9.17, 15) is 19.5 Å². The number of ether oxygens (including phenoxy) is 2. The van der Waals surface area contributed by atoms with Crippen LogP contribution in [0.1, 0.15) is 46.0 Å². The van der Waals surface area contributed by atoms with Gasteiger partial charge in [0.2, 0.25) is 0 Å². The van der Waals surface area contributed by atoms with Crippen molar-refractivity contribution in [1.29, 1.82) is 0 Å². The van der Waals surface area contributed by atoms with Crippen molar-refractivity contribution in [2.75, 3.05) is 0 Å². The lowest BCUT2D eigenvalue weighted by atomic mass is 9.86. The molecule has 3 aliphatic rings. The Kier molecular flexibility index (Phi) is 4.68. The van der Waals surface area contributed by atoms with Crippen LogP contribution in [0.3, 0.4) is 0 Å². The van der Waals surface area contributed by atoms with E-state index in [2.05, 4.69) is 6.58 Å². The molecular formula is C19H24O6. The number of aliphatic hydroxyl groups is 1. The Balaban J connectivity index is 1.92. The van der Waals surface area contributed by atoms with Crippen LogP contribution in [0.5, 0.6) is 0 Å². The molecule has 1 N–H and O–H groups in total. The fraction of sp³-hybridized carbons (Fsp3) is 0.632. The van der Waals surface area contributed by atoms with Gasteiger partial charge >= 0.3 is 5.97 Å². The van der Waals surface area contributed by atoms with Gasteiger partial charge in [0.1, 0.15) is 18.0 Å². The average molecular weight is 348 g/mol. The number of allylic oxidation sites excluding steroid dienone is 1. The Morgan fingerprint density at radius 1 is 1.32 bits per heavy atom. The van der Waals surface area contributed by atoms with Gasteiger partial charge in [-0.15, -0.1) is 0 Å². The Hall–Kier alpha value is -1.79. The minimum atomic E-state index is -1.000. The summed E-state index contributed by atoms with van der Waals surface area (Å²) in [7, 11) is 0. The molecule has 6 heteroatoms. The standard InChI is InChI=1S/C19H24O6/c1-10(2)11-4-12(20)6-17-16(22)9-19(3,25-17)8-13-7-14(15(21)5-11)18(23)24-13/h7,11,13,15,17,21H,1,4-6,8-9H2,2-3H3/t11-,13+,15+,17+,19+/m1/s1. The first kappa shape index (κ1) is 18.0. The minimum Gasteiger partial charge on any atom is -0.455 e. The van der Waals surface area contributed by atoms with Crippen molar-refractivity contribution in [3.05, 3.63) is 23.8 Å². The number of aliphatic hydroxyl groups excluding tert-OH is 1. The van der Waals surface area contributed by atoms with Crippen molar-refractivity contribution in [3.63, 3.8) is 0 Å². The number of Topliss-reactive ketones (excluding diaryl/α,β-unsaturated/α-hetero) is 2. The van der Waals surface area contributed by atoms with Crippen LogP contribution in [0.2, 0.25) is 0 Å². The van der Waals surface area contributed by atoms with Gasteiger partial charge in [0.15, 0.2) is 5.78 Å². The van der Waals surface area contributed by atoms with E-state index in [1.807, 2.05) is 0 Å². The molecule has 3 heterocycles. The normalized spacial score (nSPS) is 39.2. The summed E-state index contributed by atoms with van der Waals surface area (Å²) in [5, 5.41) is 10.5.